The highest BCUT2D eigenvalue weighted by Gasteiger charge is 2.12. The molecule has 0 saturated heterocycles. The van der Waals surface area contributed by atoms with Crippen LogP contribution >= 0.6 is 11.6 Å². The van der Waals surface area contributed by atoms with Gasteiger partial charge in [0, 0.05) is 18.1 Å². The summed E-state index contributed by atoms with van der Waals surface area (Å²) in [6, 6.07) is 1.94. The molecule has 5 heteroatoms. The molecule has 20 heavy (non-hydrogen) atoms. The summed E-state index contributed by atoms with van der Waals surface area (Å²) in [5.74, 6) is 0. The molecule has 0 aromatic carbocycles. The molecule has 0 radical (unpaired) electrons. The number of nitrogens with zero attached hydrogens (tertiary/aromatic N) is 3. The summed E-state index contributed by atoms with van der Waals surface area (Å²) >= 11 is 6.16. The summed E-state index contributed by atoms with van der Waals surface area (Å²) in [7, 11) is 0. The summed E-state index contributed by atoms with van der Waals surface area (Å²) in [6.07, 6.45) is 4.45. The highest BCUT2D eigenvalue weighted by atomic mass is 35.5. The molecule has 2 heterocycles. The van der Waals surface area contributed by atoms with Crippen LogP contribution in [-0.4, -0.2) is 27.9 Å². The van der Waals surface area contributed by atoms with Gasteiger partial charge < -0.3 is 5.32 Å². The first-order chi connectivity index (χ1) is 9.63. The molecule has 0 spiro atoms. The number of halogens is 1. The predicted molar refractivity (Wildman–Crippen MR) is 82.3 cm³/mol. The topological polar surface area (TPSA) is 42.7 Å². The highest BCUT2D eigenvalue weighted by molar-refractivity contribution is 6.31. The molecule has 4 nitrogen and oxygen atoms in total. The van der Waals surface area contributed by atoms with E-state index in [-0.39, 0.29) is 0 Å². The van der Waals surface area contributed by atoms with Crippen LogP contribution < -0.4 is 5.32 Å². The molecule has 2 aromatic heterocycles. The van der Waals surface area contributed by atoms with E-state index in [0.717, 1.165) is 30.8 Å². The van der Waals surface area contributed by atoms with E-state index in [1.54, 1.807) is 12.4 Å². The lowest BCUT2D eigenvalue weighted by molar-refractivity contribution is 0.656. The van der Waals surface area contributed by atoms with E-state index in [9.17, 15) is 0 Å². The first kappa shape index (κ1) is 15.0. The largest absolute Gasteiger partial charge is 0.317 e. The maximum absolute atomic E-state index is 6.16. The standard InChI is InChI=1S/C15H21ClN4/c1-4-17-8-6-14-11(2)19-20(12(14)3)10-13-5-7-18-9-15(13)16/h5,7,9,17H,4,6,8,10H2,1-3H3. The van der Waals surface area contributed by atoms with Gasteiger partial charge in [-0.2, -0.15) is 5.10 Å². The van der Waals surface area contributed by atoms with Gasteiger partial charge in [0.15, 0.2) is 0 Å². The third-order valence-electron chi connectivity index (χ3n) is 3.51. The van der Waals surface area contributed by atoms with Crippen molar-refractivity contribution in [2.24, 2.45) is 0 Å². The van der Waals surface area contributed by atoms with Gasteiger partial charge >= 0.3 is 0 Å². The normalized spacial score (nSPS) is 11.0. The fourth-order valence-corrected chi connectivity index (χ4v) is 2.51. The monoisotopic (exact) mass is 292 g/mol. The fourth-order valence-electron chi connectivity index (χ4n) is 2.33. The fraction of sp³-hybridized carbons (Fsp3) is 0.467. The van der Waals surface area contributed by atoms with Crippen molar-refractivity contribution in [3.63, 3.8) is 0 Å². The van der Waals surface area contributed by atoms with E-state index >= 15 is 0 Å². The van der Waals surface area contributed by atoms with Crippen LogP contribution in [0.2, 0.25) is 5.02 Å². The van der Waals surface area contributed by atoms with Crippen LogP contribution in [0.25, 0.3) is 0 Å². The second-order valence-corrected chi connectivity index (χ2v) is 5.28. The van der Waals surface area contributed by atoms with Gasteiger partial charge in [0.25, 0.3) is 0 Å². The number of rotatable bonds is 6. The molecule has 0 atom stereocenters. The lowest BCUT2D eigenvalue weighted by atomic mass is 10.1. The van der Waals surface area contributed by atoms with Crippen LogP contribution in [-0.2, 0) is 13.0 Å². The van der Waals surface area contributed by atoms with Crippen molar-refractivity contribution in [3.8, 4) is 0 Å². The number of hydrogen-bond donors (Lipinski definition) is 1. The predicted octanol–water partition coefficient (Wildman–Crippen LogP) is 2.75. The van der Waals surface area contributed by atoms with Gasteiger partial charge in [-0.1, -0.05) is 18.5 Å². The van der Waals surface area contributed by atoms with Crippen LogP contribution in [0.5, 0.6) is 0 Å². The Balaban J connectivity index is 2.17. The smallest absolute Gasteiger partial charge is 0.0678 e. The van der Waals surface area contributed by atoms with Gasteiger partial charge in [-0.15, -0.1) is 0 Å². The van der Waals surface area contributed by atoms with Crippen LogP contribution in [0.3, 0.4) is 0 Å². The second kappa shape index (κ2) is 6.86. The molecule has 0 aliphatic rings. The Kier molecular flexibility index (Phi) is 5.15. The minimum absolute atomic E-state index is 0.689. The van der Waals surface area contributed by atoms with Gasteiger partial charge in [-0.05, 0) is 50.6 Å². The molecule has 1 N–H and O–H groups in total. The number of likely N-dealkylation sites (N-methyl/N-ethyl adjacent to an activating group) is 1. The van der Waals surface area contributed by atoms with Crippen molar-refractivity contribution in [3.05, 3.63) is 46.0 Å². The minimum Gasteiger partial charge on any atom is -0.317 e. The van der Waals surface area contributed by atoms with Crippen LogP contribution in [0.4, 0.5) is 0 Å². The maximum atomic E-state index is 6.16. The Bertz CT molecular complexity index is 577. The lowest BCUT2D eigenvalue weighted by Gasteiger charge is -2.07. The Morgan fingerprint density at radius 1 is 1.35 bits per heavy atom. The van der Waals surface area contributed by atoms with E-state index in [1.165, 1.54) is 11.3 Å². The summed E-state index contributed by atoms with van der Waals surface area (Å²) in [5.41, 5.74) is 4.69. The molecule has 0 aliphatic carbocycles. The van der Waals surface area contributed by atoms with Crippen LogP contribution in [0.1, 0.15) is 29.4 Å². The molecule has 0 bridgehead atoms. The van der Waals surface area contributed by atoms with Crippen molar-refractivity contribution >= 4 is 11.6 Å². The van der Waals surface area contributed by atoms with Crippen LogP contribution in [0.15, 0.2) is 18.5 Å². The molecular weight excluding hydrogens is 272 g/mol. The Morgan fingerprint density at radius 3 is 2.85 bits per heavy atom. The molecule has 108 valence electrons. The van der Waals surface area contributed by atoms with E-state index in [1.807, 2.05) is 10.7 Å². The lowest BCUT2D eigenvalue weighted by Crippen LogP contribution is -2.16. The Hall–Kier alpha value is -1.39. The summed E-state index contributed by atoms with van der Waals surface area (Å²) < 4.78 is 2.03. The zero-order valence-corrected chi connectivity index (χ0v) is 13.0. The SMILES string of the molecule is CCNCCc1c(C)nn(Cc2ccncc2Cl)c1C. The molecule has 0 unspecified atom stereocenters. The second-order valence-electron chi connectivity index (χ2n) is 4.88. The van der Waals surface area contributed by atoms with Crippen molar-refractivity contribution in [1.29, 1.82) is 0 Å². The first-order valence-corrected chi connectivity index (χ1v) is 7.33. The van der Waals surface area contributed by atoms with E-state index in [2.05, 4.69) is 36.2 Å². The zero-order valence-electron chi connectivity index (χ0n) is 12.3. The zero-order chi connectivity index (χ0) is 14.5. The van der Waals surface area contributed by atoms with Gasteiger partial charge in [-0.3, -0.25) is 9.67 Å². The highest BCUT2D eigenvalue weighted by Crippen LogP contribution is 2.18. The molecule has 0 saturated carbocycles. The minimum atomic E-state index is 0.689. The number of aryl methyl sites for hydroxylation is 1. The number of nitrogens with one attached hydrogen (secondary N) is 1. The average molecular weight is 293 g/mol. The molecule has 2 rings (SSSR count). The first-order valence-electron chi connectivity index (χ1n) is 6.95. The van der Waals surface area contributed by atoms with Gasteiger partial charge in [0.2, 0.25) is 0 Å². The third-order valence-corrected chi connectivity index (χ3v) is 3.85. The molecule has 0 aliphatic heterocycles. The van der Waals surface area contributed by atoms with E-state index in [4.69, 9.17) is 11.6 Å². The van der Waals surface area contributed by atoms with Gasteiger partial charge in [-0.25, -0.2) is 0 Å². The summed E-state index contributed by atoms with van der Waals surface area (Å²) in [5, 5.41) is 8.68. The van der Waals surface area contributed by atoms with Gasteiger partial charge in [0.05, 0.1) is 17.3 Å². The Morgan fingerprint density at radius 2 is 2.15 bits per heavy atom. The van der Waals surface area contributed by atoms with Crippen LogP contribution in [0, 0.1) is 13.8 Å². The molecule has 0 amide bonds. The van der Waals surface area contributed by atoms with Crippen molar-refractivity contribution < 1.29 is 0 Å². The van der Waals surface area contributed by atoms with E-state index in [0.29, 0.717) is 11.6 Å². The summed E-state index contributed by atoms with van der Waals surface area (Å²) in [4.78, 5) is 4.01. The number of hydrogen-bond acceptors (Lipinski definition) is 3. The quantitative estimate of drug-likeness (QED) is 0.833. The number of pyridine rings is 1. The average Bonchev–Trinajstić information content (AvgIpc) is 2.69. The molecule has 2 aromatic rings. The van der Waals surface area contributed by atoms with Crippen molar-refractivity contribution in [2.75, 3.05) is 13.1 Å². The van der Waals surface area contributed by atoms with Crippen molar-refractivity contribution in [2.45, 2.75) is 33.7 Å². The molecule has 0 fully saturated rings. The Labute approximate surface area is 125 Å². The summed E-state index contributed by atoms with van der Waals surface area (Å²) in [6.45, 7) is 8.98. The third kappa shape index (κ3) is 3.38. The molecular formula is C15H21ClN4. The van der Waals surface area contributed by atoms with Crippen molar-refractivity contribution in [1.82, 2.24) is 20.1 Å². The van der Waals surface area contributed by atoms with E-state index < -0.39 is 0 Å². The maximum Gasteiger partial charge on any atom is 0.0678 e. The van der Waals surface area contributed by atoms with Gasteiger partial charge in [0.1, 0.15) is 0 Å². The number of aromatic nitrogens is 3.